The average Bonchev–Trinajstić information content (AvgIpc) is 2.77. The van der Waals surface area contributed by atoms with Crippen molar-refractivity contribution in [3.05, 3.63) is 84.4 Å². The largest absolute Gasteiger partial charge is 0.350 e. The molecule has 5 N–H and O–H groups in total. The number of hydrogen-bond acceptors (Lipinski definition) is 3. The minimum Gasteiger partial charge on any atom is -0.350 e. The van der Waals surface area contributed by atoms with Gasteiger partial charge in [0.15, 0.2) is 0 Å². The molecule has 160 valence electrons. The Kier molecular flexibility index (Phi) is 11.2. The lowest BCUT2D eigenvalue weighted by Gasteiger charge is -2.14. The summed E-state index contributed by atoms with van der Waals surface area (Å²) < 4.78 is 0. The van der Waals surface area contributed by atoms with Crippen molar-refractivity contribution in [2.75, 3.05) is 13.1 Å². The minimum atomic E-state index is -0.113. The molecule has 1 atom stereocenters. The van der Waals surface area contributed by atoms with Crippen molar-refractivity contribution in [3.8, 4) is 22.3 Å². The smallest absolute Gasteiger partial charge is 0.251 e. The van der Waals surface area contributed by atoms with Crippen molar-refractivity contribution >= 4 is 30.7 Å². The number of benzene rings is 3. The predicted octanol–water partition coefficient (Wildman–Crippen LogP) is 4.66. The lowest BCUT2D eigenvalue weighted by molar-refractivity contribution is 0.0951. The van der Waals surface area contributed by atoms with Crippen LogP contribution in [0.2, 0.25) is 0 Å². The van der Waals surface area contributed by atoms with E-state index in [4.69, 9.17) is 11.5 Å². The molecular weight excluding hydrogens is 417 g/mol. The van der Waals surface area contributed by atoms with E-state index in [0.29, 0.717) is 18.7 Å². The summed E-state index contributed by atoms with van der Waals surface area (Å²) in [5.41, 5.74) is 16.4. The summed E-state index contributed by atoms with van der Waals surface area (Å²) in [5.74, 6) is -0.113. The maximum Gasteiger partial charge on any atom is 0.251 e. The van der Waals surface area contributed by atoms with Gasteiger partial charge < -0.3 is 16.8 Å². The van der Waals surface area contributed by atoms with Crippen LogP contribution in [0, 0.1) is 0 Å². The SMILES string of the molecule is Cl.Cl.NCCC[C@H](N)CNC(=O)c1cc(-c2ccccc2)cc(-c2ccccc2)c1. The standard InChI is InChI=1S/C24H27N3O.2ClH/c25-13-7-12-23(26)17-27-24(28)22-15-20(18-8-3-1-4-9-18)14-21(16-22)19-10-5-2-6-11-19;;/h1-6,8-11,14-16,23H,7,12-13,17,25-26H2,(H,27,28);2*1H/t23-;;/m0../s1. The second-order valence-corrected chi connectivity index (χ2v) is 6.93. The topological polar surface area (TPSA) is 81.1 Å². The molecule has 30 heavy (non-hydrogen) atoms. The molecule has 0 bridgehead atoms. The fourth-order valence-electron chi connectivity index (χ4n) is 3.16. The molecule has 3 aromatic rings. The van der Waals surface area contributed by atoms with Gasteiger partial charge in [-0.25, -0.2) is 0 Å². The molecule has 6 heteroatoms. The molecule has 0 unspecified atom stereocenters. The van der Waals surface area contributed by atoms with Gasteiger partial charge in [-0.3, -0.25) is 4.79 Å². The second-order valence-electron chi connectivity index (χ2n) is 6.93. The van der Waals surface area contributed by atoms with Crippen molar-refractivity contribution in [2.24, 2.45) is 11.5 Å². The third-order valence-corrected chi connectivity index (χ3v) is 4.71. The van der Waals surface area contributed by atoms with Crippen molar-refractivity contribution in [2.45, 2.75) is 18.9 Å². The summed E-state index contributed by atoms with van der Waals surface area (Å²) in [4.78, 5) is 12.8. The Morgan fingerprint density at radius 3 is 1.77 bits per heavy atom. The van der Waals surface area contributed by atoms with Gasteiger partial charge >= 0.3 is 0 Å². The van der Waals surface area contributed by atoms with Gasteiger partial charge in [0.25, 0.3) is 5.91 Å². The second kappa shape index (κ2) is 13.0. The molecule has 0 saturated carbocycles. The van der Waals surface area contributed by atoms with Gasteiger partial charge in [-0.05, 0) is 59.8 Å². The first-order chi connectivity index (χ1) is 13.7. The Labute approximate surface area is 190 Å². The van der Waals surface area contributed by atoms with E-state index in [1.807, 2.05) is 48.5 Å². The third kappa shape index (κ3) is 7.15. The molecule has 4 nitrogen and oxygen atoms in total. The molecule has 0 aliphatic carbocycles. The summed E-state index contributed by atoms with van der Waals surface area (Å²) in [6, 6.07) is 26.1. The molecule has 0 heterocycles. The van der Waals surface area contributed by atoms with Crippen LogP contribution in [0.15, 0.2) is 78.9 Å². The third-order valence-electron chi connectivity index (χ3n) is 4.71. The van der Waals surface area contributed by atoms with E-state index in [1.54, 1.807) is 0 Å². The summed E-state index contributed by atoms with van der Waals surface area (Å²) in [7, 11) is 0. The summed E-state index contributed by atoms with van der Waals surface area (Å²) >= 11 is 0. The molecule has 1 amide bonds. The number of carbonyl (C=O) groups excluding carboxylic acids is 1. The monoisotopic (exact) mass is 445 g/mol. The molecule has 0 aliphatic rings. The van der Waals surface area contributed by atoms with Crippen LogP contribution in [0.25, 0.3) is 22.3 Å². The number of halogens is 2. The van der Waals surface area contributed by atoms with E-state index in [-0.39, 0.29) is 36.8 Å². The predicted molar refractivity (Wildman–Crippen MR) is 130 cm³/mol. The van der Waals surface area contributed by atoms with Crippen molar-refractivity contribution < 1.29 is 4.79 Å². The zero-order chi connectivity index (χ0) is 19.8. The van der Waals surface area contributed by atoms with Gasteiger partial charge in [0.1, 0.15) is 0 Å². The van der Waals surface area contributed by atoms with Crippen LogP contribution in [0.5, 0.6) is 0 Å². The zero-order valence-electron chi connectivity index (χ0n) is 16.8. The molecule has 3 aromatic carbocycles. The normalized spacial score (nSPS) is 11.0. The van der Waals surface area contributed by atoms with Crippen LogP contribution in [-0.2, 0) is 0 Å². The van der Waals surface area contributed by atoms with E-state index in [0.717, 1.165) is 35.1 Å². The van der Waals surface area contributed by atoms with Crippen molar-refractivity contribution in [1.29, 1.82) is 0 Å². The molecular formula is C24H29Cl2N3O. The maximum atomic E-state index is 12.8. The van der Waals surface area contributed by atoms with Crippen LogP contribution in [0.4, 0.5) is 0 Å². The number of rotatable bonds is 8. The Balaban J connectivity index is 0.00000225. The quantitative estimate of drug-likeness (QED) is 0.471. The van der Waals surface area contributed by atoms with Gasteiger partial charge in [-0.2, -0.15) is 0 Å². The highest BCUT2D eigenvalue weighted by Crippen LogP contribution is 2.28. The number of carbonyl (C=O) groups is 1. The van der Waals surface area contributed by atoms with Gasteiger partial charge in [-0.15, -0.1) is 24.8 Å². The minimum absolute atomic E-state index is 0. The fourth-order valence-corrected chi connectivity index (χ4v) is 3.16. The van der Waals surface area contributed by atoms with E-state index >= 15 is 0 Å². The highest BCUT2D eigenvalue weighted by atomic mass is 35.5. The van der Waals surface area contributed by atoms with Gasteiger partial charge in [0, 0.05) is 18.2 Å². The molecule has 0 saturated heterocycles. The maximum absolute atomic E-state index is 12.8. The molecule has 3 rings (SSSR count). The van der Waals surface area contributed by atoms with Gasteiger partial charge in [0.05, 0.1) is 0 Å². The first-order valence-electron chi connectivity index (χ1n) is 9.67. The van der Waals surface area contributed by atoms with Crippen LogP contribution in [0.1, 0.15) is 23.2 Å². The number of hydrogen-bond donors (Lipinski definition) is 3. The molecule has 0 radical (unpaired) electrons. The fraction of sp³-hybridized carbons (Fsp3) is 0.208. The Morgan fingerprint density at radius 1 is 0.800 bits per heavy atom. The molecule has 0 fully saturated rings. The first-order valence-corrected chi connectivity index (χ1v) is 9.67. The van der Waals surface area contributed by atoms with E-state index in [9.17, 15) is 4.79 Å². The highest BCUT2D eigenvalue weighted by Gasteiger charge is 2.12. The van der Waals surface area contributed by atoms with E-state index in [1.165, 1.54) is 0 Å². The highest BCUT2D eigenvalue weighted by molar-refractivity contribution is 5.97. The van der Waals surface area contributed by atoms with Gasteiger partial charge in [-0.1, -0.05) is 60.7 Å². The average molecular weight is 446 g/mol. The van der Waals surface area contributed by atoms with E-state index < -0.39 is 0 Å². The first kappa shape index (κ1) is 25.7. The Morgan fingerprint density at radius 2 is 1.30 bits per heavy atom. The Hall–Kier alpha value is -2.37. The molecule has 0 aromatic heterocycles. The van der Waals surface area contributed by atoms with Crippen LogP contribution in [0.3, 0.4) is 0 Å². The Bertz CT molecular complexity index is 847. The van der Waals surface area contributed by atoms with Crippen LogP contribution in [-0.4, -0.2) is 25.0 Å². The number of nitrogens with one attached hydrogen (secondary N) is 1. The van der Waals surface area contributed by atoms with Crippen molar-refractivity contribution in [1.82, 2.24) is 5.32 Å². The lowest BCUT2D eigenvalue weighted by atomic mass is 9.96. The van der Waals surface area contributed by atoms with Gasteiger partial charge in [0.2, 0.25) is 0 Å². The summed E-state index contributed by atoms with van der Waals surface area (Å²) in [6.45, 7) is 1.05. The summed E-state index contributed by atoms with van der Waals surface area (Å²) in [6.07, 6.45) is 1.66. The number of nitrogens with two attached hydrogens (primary N) is 2. The van der Waals surface area contributed by atoms with E-state index in [2.05, 4.69) is 35.6 Å². The van der Waals surface area contributed by atoms with Crippen LogP contribution < -0.4 is 16.8 Å². The van der Waals surface area contributed by atoms with Crippen LogP contribution >= 0.6 is 24.8 Å². The van der Waals surface area contributed by atoms with Crippen molar-refractivity contribution in [3.63, 3.8) is 0 Å². The molecule has 0 aliphatic heterocycles. The molecule has 0 spiro atoms. The number of amides is 1. The summed E-state index contributed by atoms with van der Waals surface area (Å²) in [5, 5.41) is 2.96. The lowest BCUT2D eigenvalue weighted by Crippen LogP contribution is -2.37. The zero-order valence-corrected chi connectivity index (χ0v) is 18.4.